The van der Waals surface area contributed by atoms with Gasteiger partial charge in [0.1, 0.15) is 0 Å². The van der Waals surface area contributed by atoms with Gasteiger partial charge in [-0.2, -0.15) is 0 Å². The van der Waals surface area contributed by atoms with E-state index in [1.807, 2.05) is 0 Å². The second-order valence-electron chi connectivity index (χ2n) is 4.24. The number of carbonyl (C=O) groups is 1. The Labute approximate surface area is 124 Å². The van der Waals surface area contributed by atoms with Crippen LogP contribution in [0, 0.1) is 6.92 Å². The first kappa shape index (κ1) is 22.8. The molecule has 0 aliphatic carbocycles. The fourth-order valence-electron chi connectivity index (χ4n) is 1.58. The molecule has 0 unspecified atom stereocenters. The topological polar surface area (TPSA) is 40.1 Å². The predicted molar refractivity (Wildman–Crippen MR) is 72.4 cm³/mol. The number of carbonyl (C=O) groups excluding carboxylic acids is 1. The molecule has 107 valence electrons. The molecular formula is C15H28MnO2. The summed E-state index contributed by atoms with van der Waals surface area (Å²) >= 11 is 0. The van der Waals surface area contributed by atoms with E-state index < -0.39 is 5.97 Å². The standard InChI is InChI=1S/C12H24O2.C3H5.Mn/c1-2-3-4-5-6-7-8-9-10-11-12(13)14;1-3-2;/h2-11H2,1H3,(H,13,14);3H,1-2H2;/q;-1;+2/p-1. The predicted octanol–water partition coefficient (Wildman–Crippen LogP) is 3.66. The molecule has 0 saturated carbocycles. The van der Waals surface area contributed by atoms with E-state index in [0.717, 1.165) is 12.8 Å². The van der Waals surface area contributed by atoms with Crippen molar-refractivity contribution in [3.8, 4) is 0 Å². The molecule has 0 aliphatic rings. The Morgan fingerprint density at radius 2 is 1.39 bits per heavy atom. The zero-order valence-corrected chi connectivity index (χ0v) is 12.9. The first-order valence-electron chi connectivity index (χ1n) is 6.79. The van der Waals surface area contributed by atoms with Gasteiger partial charge in [0.05, 0.1) is 0 Å². The molecule has 0 aliphatic heterocycles. The molecule has 0 heterocycles. The molecule has 0 spiro atoms. The van der Waals surface area contributed by atoms with Crippen molar-refractivity contribution in [3.05, 3.63) is 19.6 Å². The first-order chi connectivity index (χ1) is 8.18. The van der Waals surface area contributed by atoms with Crippen molar-refractivity contribution in [2.45, 2.75) is 71.1 Å². The Hall–Kier alpha value is -0.401. The molecule has 0 amide bonds. The van der Waals surface area contributed by atoms with Crippen molar-refractivity contribution in [1.82, 2.24) is 0 Å². The number of carboxylic acids is 1. The third-order valence-electron chi connectivity index (χ3n) is 2.48. The Balaban J connectivity index is -0.000000507. The van der Waals surface area contributed by atoms with Crippen molar-refractivity contribution >= 4 is 5.97 Å². The van der Waals surface area contributed by atoms with Crippen LogP contribution in [0.5, 0.6) is 0 Å². The van der Waals surface area contributed by atoms with E-state index in [1.54, 1.807) is 0 Å². The van der Waals surface area contributed by atoms with Crippen LogP contribution >= 0.6 is 0 Å². The van der Waals surface area contributed by atoms with Crippen LogP contribution in [0.15, 0.2) is 12.7 Å². The zero-order valence-electron chi connectivity index (χ0n) is 11.8. The number of aliphatic carboxylic acids is 1. The van der Waals surface area contributed by atoms with E-state index in [1.165, 1.54) is 51.0 Å². The van der Waals surface area contributed by atoms with Gasteiger partial charge in [-0.05, 0) is 12.8 Å². The summed E-state index contributed by atoms with van der Waals surface area (Å²) in [5.41, 5.74) is 0. The molecule has 1 radical (unpaired) electrons. The number of hydrogen-bond donors (Lipinski definition) is 0. The summed E-state index contributed by atoms with van der Waals surface area (Å²) in [5.74, 6) is -0.909. The molecule has 2 nitrogen and oxygen atoms in total. The average Bonchev–Trinajstić information content (AvgIpc) is 2.27. The van der Waals surface area contributed by atoms with Gasteiger partial charge in [0.25, 0.3) is 0 Å². The van der Waals surface area contributed by atoms with Gasteiger partial charge in [-0.1, -0.05) is 58.3 Å². The van der Waals surface area contributed by atoms with Gasteiger partial charge in [0, 0.05) is 5.97 Å². The molecule has 3 heteroatoms. The third-order valence-corrected chi connectivity index (χ3v) is 2.48. The summed E-state index contributed by atoms with van der Waals surface area (Å²) in [6.07, 6.45) is 12.7. The molecule has 18 heavy (non-hydrogen) atoms. The monoisotopic (exact) mass is 295 g/mol. The van der Waals surface area contributed by atoms with Gasteiger partial charge in [0.2, 0.25) is 0 Å². The minimum Gasteiger partial charge on any atom is -0.550 e. The molecule has 0 saturated heterocycles. The summed E-state index contributed by atoms with van der Waals surface area (Å²) in [6, 6.07) is 0. The summed E-state index contributed by atoms with van der Waals surface area (Å²) in [4.78, 5) is 10.1. The van der Waals surface area contributed by atoms with Crippen molar-refractivity contribution in [2.75, 3.05) is 0 Å². The Kier molecular flexibility index (Phi) is 27.6. The minimum absolute atomic E-state index is 0. The van der Waals surface area contributed by atoms with E-state index in [0.29, 0.717) is 0 Å². The van der Waals surface area contributed by atoms with E-state index in [9.17, 15) is 9.90 Å². The van der Waals surface area contributed by atoms with E-state index in [-0.39, 0.29) is 23.5 Å². The summed E-state index contributed by atoms with van der Waals surface area (Å²) in [5, 5.41) is 10.1. The van der Waals surface area contributed by atoms with Crippen molar-refractivity contribution in [1.29, 1.82) is 0 Å². The normalized spacial score (nSPS) is 8.72. The number of hydrogen-bond acceptors (Lipinski definition) is 2. The fourth-order valence-corrected chi connectivity index (χ4v) is 1.58. The largest absolute Gasteiger partial charge is 2.00 e. The molecule has 0 fully saturated rings. The van der Waals surface area contributed by atoms with Gasteiger partial charge in [-0.25, -0.2) is 19.6 Å². The summed E-state index contributed by atoms with van der Waals surface area (Å²) in [6.45, 7) is 8.72. The van der Waals surface area contributed by atoms with Crippen LogP contribution < -0.4 is 5.11 Å². The second kappa shape index (κ2) is 21.8. The Morgan fingerprint density at radius 1 is 1.06 bits per heavy atom. The molecule has 0 bridgehead atoms. The van der Waals surface area contributed by atoms with Crippen molar-refractivity contribution in [3.63, 3.8) is 0 Å². The summed E-state index contributed by atoms with van der Waals surface area (Å²) < 4.78 is 0. The third kappa shape index (κ3) is 29.6. The fraction of sp³-hybridized carbons (Fsp3) is 0.733. The van der Waals surface area contributed by atoms with Gasteiger partial charge in [-0.15, -0.1) is 0 Å². The average molecular weight is 295 g/mol. The van der Waals surface area contributed by atoms with Crippen LogP contribution in [0.2, 0.25) is 0 Å². The number of unbranched alkanes of at least 4 members (excludes halogenated alkanes) is 8. The molecule has 0 N–H and O–H groups in total. The van der Waals surface area contributed by atoms with E-state index >= 15 is 0 Å². The molecule has 0 aromatic heterocycles. The minimum atomic E-state index is -0.909. The number of carboxylic acid groups (broad SMARTS) is 1. The van der Waals surface area contributed by atoms with Gasteiger partial charge >= 0.3 is 17.1 Å². The smallest absolute Gasteiger partial charge is 0.550 e. The van der Waals surface area contributed by atoms with Crippen molar-refractivity contribution < 1.29 is 27.0 Å². The van der Waals surface area contributed by atoms with Crippen LogP contribution in [0.1, 0.15) is 71.1 Å². The van der Waals surface area contributed by atoms with Crippen LogP contribution in [0.25, 0.3) is 0 Å². The molecule has 0 aromatic rings. The maximum Gasteiger partial charge on any atom is 2.00 e. The molecule has 0 atom stereocenters. The maximum absolute atomic E-state index is 10.1. The zero-order chi connectivity index (χ0) is 13.4. The second-order valence-corrected chi connectivity index (χ2v) is 4.24. The van der Waals surface area contributed by atoms with E-state index in [4.69, 9.17) is 0 Å². The van der Waals surface area contributed by atoms with Gasteiger partial charge in [0.15, 0.2) is 0 Å². The van der Waals surface area contributed by atoms with Crippen LogP contribution in [0.3, 0.4) is 0 Å². The maximum atomic E-state index is 10.1. The van der Waals surface area contributed by atoms with Gasteiger partial charge in [-0.3, -0.25) is 0 Å². The van der Waals surface area contributed by atoms with E-state index in [2.05, 4.69) is 20.4 Å². The van der Waals surface area contributed by atoms with Gasteiger partial charge < -0.3 is 9.90 Å². The number of allylic oxidation sites excluding steroid dienone is 1. The Morgan fingerprint density at radius 3 is 1.72 bits per heavy atom. The quantitative estimate of drug-likeness (QED) is 0.350. The molecular weight excluding hydrogens is 267 g/mol. The van der Waals surface area contributed by atoms with Crippen LogP contribution in [-0.2, 0) is 21.9 Å². The number of rotatable bonds is 10. The van der Waals surface area contributed by atoms with Crippen molar-refractivity contribution in [2.24, 2.45) is 0 Å². The Bertz CT molecular complexity index is 170. The SMILES string of the molecule is C=C[CH2-].CCCCCCCCCCCC(=O)[O-].[Mn+2]. The summed E-state index contributed by atoms with van der Waals surface area (Å²) in [7, 11) is 0. The van der Waals surface area contributed by atoms with Crippen LogP contribution in [0.4, 0.5) is 0 Å². The molecule has 0 rings (SSSR count). The first-order valence-corrected chi connectivity index (χ1v) is 6.79. The van der Waals surface area contributed by atoms with Crippen LogP contribution in [-0.4, -0.2) is 5.97 Å². The molecule has 0 aromatic carbocycles.